The van der Waals surface area contributed by atoms with E-state index >= 15 is 0 Å². The first-order valence-electron chi connectivity index (χ1n) is 5.12. The van der Waals surface area contributed by atoms with Gasteiger partial charge >= 0.3 is 6.18 Å². The summed E-state index contributed by atoms with van der Waals surface area (Å²) in [7, 11) is -3.57. The standard InChI is InChI=1S/C11H9F3N2O3S/c1-20(18,19)6-10(17)16-9-3-2-8(11(12,13)14)4-7(9)5-15/h2-4H,6H2,1H3,(H,16,17). The van der Waals surface area contributed by atoms with E-state index in [1.54, 1.807) is 0 Å². The molecular weight excluding hydrogens is 297 g/mol. The largest absolute Gasteiger partial charge is 0.416 e. The predicted octanol–water partition coefficient (Wildman–Crippen LogP) is 1.56. The molecule has 0 spiro atoms. The van der Waals surface area contributed by atoms with E-state index in [-0.39, 0.29) is 5.69 Å². The van der Waals surface area contributed by atoms with Crippen LogP contribution < -0.4 is 5.32 Å². The van der Waals surface area contributed by atoms with Gasteiger partial charge in [0.15, 0.2) is 9.84 Å². The molecule has 0 heterocycles. The van der Waals surface area contributed by atoms with Gasteiger partial charge in [0.1, 0.15) is 11.8 Å². The molecular formula is C11H9F3N2O3S. The van der Waals surface area contributed by atoms with Gasteiger partial charge in [-0.1, -0.05) is 0 Å². The van der Waals surface area contributed by atoms with E-state index in [0.29, 0.717) is 12.1 Å². The summed E-state index contributed by atoms with van der Waals surface area (Å²) in [5.74, 6) is -1.75. The number of alkyl halides is 3. The predicted molar refractivity (Wildman–Crippen MR) is 64.5 cm³/mol. The molecule has 1 aromatic rings. The summed E-state index contributed by atoms with van der Waals surface area (Å²) in [5, 5.41) is 10.9. The van der Waals surface area contributed by atoms with Crippen molar-refractivity contribution >= 4 is 21.4 Å². The van der Waals surface area contributed by atoms with E-state index in [1.165, 1.54) is 6.07 Å². The Morgan fingerprint density at radius 3 is 2.45 bits per heavy atom. The summed E-state index contributed by atoms with van der Waals surface area (Å²) in [4.78, 5) is 11.4. The van der Waals surface area contributed by atoms with Crippen molar-refractivity contribution in [1.82, 2.24) is 0 Å². The number of anilines is 1. The summed E-state index contributed by atoms with van der Waals surface area (Å²) < 4.78 is 59.1. The molecule has 0 bridgehead atoms. The van der Waals surface area contributed by atoms with Gasteiger partial charge in [0, 0.05) is 6.26 Å². The maximum Gasteiger partial charge on any atom is 0.416 e. The number of carbonyl (C=O) groups excluding carboxylic acids is 1. The number of halogens is 3. The molecule has 5 nitrogen and oxygen atoms in total. The molecule has 0 saturated heterocycles. The second kappa shape index (κ2) is 5.50. The molecule has 0 atom stereocenters. The average Bonchev–Trinajstić information content (AvgIpc) is 2.25. The zero-order valence-electron chi connectivity index (χ0n) is 10.2. The molecule has 20 heavy (non-hydrogen) atoms. The van der Waals surface area contributed by atoms with Gasteiger partial charge in [-0.25, -0.2) is 8.42 Å². The Hall–Kier alpha value is -2.08. The molecule has 0 aliphatic rings. The Morgan fingerprint density at radius 1 is 1.40 bits per heavy atom. The Balaban J connectivity index is 3.04. The molecule has 0 aromatic heterocycles. The van der Waals surface area contributed by atoms with Gasteiger partial charge in [-0.15, -0.1) is 0 Å². The minimum Gasteiger partial charge on any atom is -0.324 e. The number of rotatable bonds is 3. The summed E-state index contributed by atoms with van der Waals surface area (Å²) >= 11 is 0. The maximum absolute atomic E-state index is 12.4. The highest BCUT2D eigenvalue weighted by Crippen LogP contribution is 2.31. The number of hydrogen-bond acceptors (Lipinski definition) is 4. The van der Waals surface area contributed by atoms with Crippen LogP contribution in [0.2, 0.25) is 0 Å². The van der Waals surface area contributed by atoms with E-state index in [9.17, 15) is 26.4 Å². The second-order valence-electron chi connectivity index (χ2n) is 3.99. The van der Waals surface area contributed by atoms with Crippen LogP contribution in [0.15, 0.2) is 18.2 Å². The van der Waals surface area contributed by atoms with Crippen molar-refractivity contribution in [1.29, 1.82) is 5.26 Å². The highest BCUT2D eigenvalue weighted by atomic mass is 32.2. The minimum absolute atomic E-state index is 0.172. The van der Waals surface area contributed by atoms with E-state index in [2.05, 4.69) is 5.32 Å². The number of carbonyl (C=O) groups is 1. The molecule has 0 aliphatic heterocycles. The minimum atomic E-state index is -4.61. The number of amides is 1. The van der Waals surface area contributed by atoms with Crippen LogP contribution in [-0.4, -0.2) is 26.3 Å². The first kappa shape index (κ1) is 16.0. The number of sulfone groups is 1. The molecule has 0 unspecified atom stereocenters. The summed E-state index contributed by atoms with van der Waals surface area (Å²) in [5.41, 5.74) is -1.61. The molecule has 108 valence electrons. The first-order chi connectivity index (χ1) is 9.03. The molecule has 9 heteroatoms. The quantitative estimate of drug-likeness (QED) is 0.918. The van der Waals surface area contributed by atoms with Crippen molar-refractivity contribution in [2.45, 2.75) is 6.18 Å². The van der Waals surface area contributed by atoms with Crippen molar-refractivity contribution in [2.75, 3.05) is 17.3 Å². The van der Waals surface area contributed by atoms with Gasteiger partial charge in [0.05, 0.1) is 16.8 Å². The fraction of sp³-hybridized carbons (Fsp3) is 0.273. The van der Waals surface area contributed by atoms with Crippen LogP contribution in [0.5, 0.6) is 0 Å². The third-order valence-corrected chi connectivity index (χ3v) is 2.92. The van der Waals surface area contributed by atoms with Gasteiger partial charge in [-0.2, -0.15) is 18.4 Å². The molecule has 0 aliphatic carbocycles. The van der Waals surface area contributed by atoms with Crippen LogP contribution in [0.4, 0.5) is 18.9 Å². The normalized spacial score (nSPS) is 11.8. The number of hydrogen-bond donors (Lipinski definition) is 1. The van der Waals surface area contributed by atoms with Crippen LogP contribution >= 0.6 is 0 Å². The van der Waals surface area contributed by atoms with Crippen LogP contribution in [0.1, 0.15) is 11.1 Å². The average molecular weight is 306 g/mol. The molecule has 1 aromatic carbocycles. The highest BCUT2D eigenvalue weighted by molar-refractivity contribution is 7.91. The topological polar surface area (TPSA) is 87.0 Å². The number of benzene rings is 1. The Morgan fingerprint density at radius 2 is 2.00 bits per heavy atom. The summed E-state index contributed by atoms with van der Waals surface area (Å²) in [6.07, 6.45) is -3.77. The van der Waals surface area contributed by atoms with Crippen molar-refractivity contribution in [3.63, 3.8) is 0 Å². The Labute approximate surface area is 112 Å². The van der Waals surface area contributed by atoms with Gasteiger partial charge in [-0.3, -0.25) is 4.79 Å². The Kier molecular flexibility index (Phi) is 4.39. The van der Waals surface area contributed by atoms with E-state index in [0.717, 1.165) is 12.3 Å². The van der Waals surface area contributed by atoms with Crippen molar-refractivity contribution in [2.24, 2.45) is 0 Å². The maximum atomic E-state index is 12.4. The summed E-state index contributed by atoms with van der Waals surface area (Å²) in [6, 6.07) is 3.69. The van der Waals surface area contributed by atoms with Crippen molar-refractivity contribution in [3.05, 3.63) is 29.3 Å². The molecule has 0 saturated carbocycles. The lowest BCUT2D eigenvalue weighted by Gasteiger charge is -2.10. The smallest absolute Gasteiger partial charge is 0.324 e. The number of nitrogens with zero attached hydrogens (tertiary/aromatic N) is 1. The number of nitriles is 1. The lowest BCUT2D eigenvalue weighted by atomic mass is 10.1. The fourth-order valence-corrected chi connectivity index (χ4v) is 1.89. The monoisotopic (exact) mass is 306 g/mol. The zero-order valence-corrected chi connectivity index (χ0v) is 11.0. The van der Waals surface area contributed by atoms with E-state index in [1.807, 2.05) is 0 Å². The number of nitrogens with one attached hydrogen (secondary N) is 1. The molecule has 1 N–H and O–H groups in total. The first-order valence-corrected chi connectivity index (χ1v) is 7.18. The lowest BCUT2D eigenvalue weighted by molar-refractivity contribution is -0.137. The zero-order chi connectivity index (χ0) is 15.6. The molecule has 1 amide bonds. The van der Waals surface area contributed by atoms with Gasteiger partial charge in [0.25, 0.3) is 0 Å². The second-order valence-corrected chi connectivity index (χ2v) is 6.13. The van der Waals surface area contributed by atoms with E-state index < -0.39 is 38.8 Å². The van der Waals surface area contributed by atoms with E-state index in [4.69, 9.17) is 5.26 Å². The Bertz CT molecular complexity index is 675. The van der Waals surface area contributed by atoms with Gasteiger partial charge < -0.3 is 5.32 Å². The fourth-order valence-electron chi connectivity index (χ4n) is 1.35. The molecule has 0 fully saturated rings. The van der Waals surface area contributed by atoms with Crippen LogP contribution in [0, 0.1) is 11.3 Å². The van der Waals surface area contributed by atoms with Crippen molar-refractivity contribution in [3.8, 4) is 6.07 Å². The highest BCUT2D eigenvalue weighted by Gasteiger charge is 2.31. The molecule has 1 rings (SSSR count). The van der Waals surface area contributed by atoms with Crippen LogP contribution in [-0.2, 0) is 20.8 Å². The van der Waals surface area contributed by atoms with Gasteiger partial charge in [0.2, 0.25) is 5.91 Å². The third kappa shape index (κ3) is 4.55. The SMILES string of the molecule is CS(=O)(=O)CC(=O)Nc1ccc(C(F)(F)F)cc1C#N. The van der Waals surface area contributed by atoms with Crippen molar-refractivity contribution < 1.29 is 26.4 Å². The molecule has 0 radical (unpaired) electrons. The summed E-state index contributed by atoms with van der Waals surface area (Å²) in [6.45, 7) is 0. The lowest BCUT2D eigenvalue weighted by Crippen LogP contribution is -2.22. The third-order valence-electron chi connectivity index (χ3n) is 2.13. The van der Waals surface area contributed by atoms with Crippen LogP contribution in [0.25, 0.3) is 0 Å². The van der Waals surface area contributed by atoms with Crippen LogP contribution in [0.3, 0.4) is 0 Å². The van der Waals surface area contributed by atoms with Gasteiger partial charge in [-0.05, 0) is 18.2 Å².